The molecule has 9 heteroatoms. The monoisotopic (exact) mass is 176 g/mol. The molecule has 0 aliphatic rings. The molecule has 9 nitrogen and oxygen atoms in total. The Morgan fingerprint density at radius 3 is 0.727 bits per heavy atom. The Hall–Kier alpha value is -1.58. The van der Waals surface area contributed by atoms with E-state index >= 15 is 0 Å². The van der Waals surface area contributed by atoms with Crippen LogP contribution in [0.2, 0.25) is 0 Å². The van der Waals surface area contributed by atoms with Gasteiger partial charge in [-0.2, -0.15) is 0 Å². The van der Waals surface area contributed by atoms with E-state index in [9.17, 15) is 0 Å². The van der Waals surface area contributed by atoms with Gasteiger partial charge < -0.3 is 25.9 Å². The van der Waals surface area contributed by atoms with E-state index in [-0.39, 0.29) is 5.48 Å². The molecular weight excluding hydrogens is 168 g/mol. The van der Waals surface area contributed by atoms with Gasteiger partial charge in [0.1, 0.15) is 0 Å². The highest BCUT2D eigenvalue weighted by Crippen LogP contribution is 1.43. The van der Waals surface area contributed by atoms with Crippen molar-refractivity contribution in [2.45, 2.75) is 0 Å². The third-order valence-corrected chi connectivity index (χ3v) is 0. The van der Waals surface area contributed by atoms with Crippen molar-refractivity contribution in [2.24, 2.45) is 0 Å². The van der Waals surface area contributed by atoms with E-state index in [4.69, 9.17) is 40.5 Å². The molecule has 70 valence electrons. The molecule has 0 atom stereocenters. The second kappa shape index (κ2) is 23.7. The number of hydrogen-bond donors (Lipinski definition) is 6. The van der Waals surface area contributed by atoms with Gasteiger partial charge in [0.15, 0.2) is 0 Å². The number of carbonyl (C=O) groups is 2. The number of carboxylic acid groups (broad SMARTS) is 4. The summed E-state index contributed by atoms with van der Waals surface area (Å²) in [6.07, 6.45) is -3.67. The Balaban J connectivity index is -0.0000000339. The molecule has 0 aromatic heterocycles. The Bertz CT molecular complexity index is 65.6. The van der Waals surface area contributed by atoms with Crippen molar-refractivity contribution >= 4 is 12.3 Å². The molecule has 0 radical (unpaired) electrons. The molecule has 11 heavy (non-hydrogen) atoms. The first kappa shape index (κ1) is 22.7. The molecule has 0 aromatic carbocycles. The molecule has 0 aliphatic carbocycles. The second-order valence-electron chi connectivity index (χ2n) is 0.565. The molecule has 0 aliphatic heterocycles. The summed E-state index contributed by atoms with van der Waals surface area (Å²) < 4.78 is 0. The van der Waals surface area contributed by atoms with E-state index in [1.54, 1.807) is 0 Å². The third kappa shape index (κ3) is 139. The van der Waals surface area contributed by atoms with Crippen LogP contribution >= 0.6 is 0 Å². The van der Waals surface area contributed by atoms with E-state index in [0.717, 1.165) is 0 Å². The van der Waals surface area contributed by atoms with E-state index in [2.05, 4.69) is 0 Å². The highest BCUT2D eigenvalue weighted by Gasteiger charge is 1.70. The standard InChI is InChI=1S/2CH2O3.H2O2.H2O/c2*2-1(3)4;1-2;/h2*(H2,2,3,4);1-2H;1H2. The Morgan fingerprint density at radius 1 is 0.727 bits per heavy atom. The first-order chi connectivity index (χ1) is 4.46. The Morgan fingerprint density at radius 2 is 0.727 bits per heavy atom. The summed E-state index contributed by atoms with van der Waals surface area (Å²) in [6, 6.07) is 0. The zero-order valence-electron chi connectivity index (χ0n) is 5.00. The minimum Gasteiger partial charge on any atom is -0.450 e. The normalized spacial score (nSPS) is 4.91. The van der Waals surface area contributed by atoms with Gasteiger partial charge in [0.25, 0.3) is 0 Å². The van der Waals surface area contributed by atoms with Gasteiger partial charge in [-0.05, 0) is 0 Å². The smallest absolute Gasteiger partial charge is 0.450 e. The van der Waals surface area contributed by atoms with Crippen LogP contribution in [0.25, 0.3) is 0 Å². The quantitative estimate of drug-likeness (QED) is 0.213. The molecule has 0 heterocycles. The van der Waals surface area contributed by atoms with Crippen LogP contribution in [0.15, 0.2) is 0 Å². The highest BCUT2D eigenvalue weighted by atomic mass is 17.0. The van der Waals surface area contributed by atoms with Gasteiger partial charge >= 0.3 is 12.3 Å². The second-order valence-corrected chi connectivity index (χ2v) is 0.565. The molecule has 0 saturated carbocycles. The summed E-state index contributed by atoms with van der Waals surface area (Å²) in [4.78, 5) is 17.1. The first-order valence-electron chi connectivity index (χ1n) is 1.50. The SMILES string of the molecule is O.O=C(O)O.O=C(O)O.OO. The van der Waals surface area contributed by atoms with E-state index in [1.165, 1.54) is 0 Å². The summed E-state index contributed by atoms with van der Waals surface area (Å²) in [6.45, 7) is 0. The van der Waals surface area contributed by atoms with Crippen LogP contribution in [0, 0.1) is 0 Å². The predicted molar refractivity (Wildman–Crippen MR) is 30.2 cm³/mol. The van der Waals surface area contributed by atoms with Crippen molar-refractivity contribution in [1.82, 2.24) is 0 Å². The lowest BCUT2D eigenvalue weighted by Gasteiger charge is -1.60. The fourth-order valence-corrected chi connectivity index (χ4v) is 0. The van der Waals surface area contributed by atoms with Crippen molar-refractivity contribution in [2.75, 3.05) is 0 Å². The summed E-state index contributed by atoms with van der Waals surface area (Å²) in [5.41, 5.74) is 0. The van der Waals surface area contributed by atoms with Crippen molar-refractivity contribution in [3.05, 3.63) is 0 Å². The van der Waals surface area contributed by atoms with Gasteiger partial charge in [-0.25, -0.2) is 9.59 Å². The summed E-state index contributed by atoms with van der Waals surface area (Å²) in [5, 5.41) is 39.9. The van der Waals surface area contributed by atoms with Gasteiger partial charge in [0, 0.05) is 0 Å². The molecule has 0 aromatic rings. The van der Waals surface area contributed by atoms with Crippen molar-refractivity contribution < 1.29 is 46.0 Å². The fraction of sp³-hybridized carbons (Fsp3) is 0. The molecule has 0 rings (SSSR count). The topological polar surface area (TPSA) is 187 Å². The first-order valence-corrected chi connectivity index (χ1v) is 1.50. The minimum absolute atomic E-state index is 0. The lowest BCUT2D eigenvalue weighted by Crippen LogP contribution is -1.81. The van der Waals surface area contributed by atoms with Crippen LogP contribution in [0.1, 0.15) is 0 Å². The maximum absolute atomic E-state index is 8.56. The summed E-state index contributed by atoms with van der Waals surface area (Å²) in [7, 11) is 0. The fourth-order valence-electron chi connectivity index (χ4n) is 0. The lowest BCUT2D eigenvalue weighted by molar-refractivity contribution is -0.176. The molecular formula is C2H8O9. The van der Waals surface area contributed by atoms with Crippen LogP contribution in [0.3, 0.4) is 0 Å². The molecule has 0 amide bonds. The summed E-state index contributed by atoms with van der Waals surface area (Å²) in [5.74, 6) is 0. The number of rotatable bonds is 0. The van der Waals surface area contributed by atoms with Gasteiger partial charge in [-0.3, -0.25) is 10.5 Å². The van der Waals surface area contributed by atoms with E-state index < -0.39 is 12.3 Å². The summed E-state index contributed by atoms with van der Waals surface area (Å²) >= 11 is 0. The Kier molecular flexibility index (Phi) is 49.0. The largest absolute Gasteiger partial charge is 0.503 e. The van der Waals surface area contributed by atoms with Crippen molar-refractivity contribution in [3.63, 3.8) is 0 Å². The lowest BCUT2D eigenvalue weighted by atomic mass is 11.5. The van der Waals surface area contributed by atoms with Gasteiger partial charge in [-0.1, -0.05) is 0 Å². The minimum atomic E-state index is -1.83. The van der Waals surface area contributed by atoms with Gasteiger partial charge in [0.2, 0.25) is 0 Å². The van der Waals surface area contributed by atoms with Crippen molar-refractivity contribution in [1.29, 1.82) is 0 Å². The van der Waals surface area contributed by atoms with Crippen LogP contribution in [-0.2, 0) is 0 Å². The van der Waals surface area contributed by atoms with Crippen LogP contribution in [0.4, 0.5) is 9.59 Å². The molecule has 0 bridgehead atoms. The predicted octanol–water partition coefficient (Wildman–Crippen LogP) is -0.362. The molecule has 0 saturated heterocycles. The molecule has 0 spiro atoms. The molecule has 8 N–H and O–H groups in total. The maximum atomic E-state index is 8.56. The van der Waals surface area contributed by atoms with E-state index in [1.807, 2.05) is 0 Å². The van der Waals surface area contributed by atoms with E-state index in [0.29, 0.717) is 0 Å². The zero-order chi connectivity index (χ0) is 9.15. The average Bonchev–Trinajstić information content (AvgIpc) is 1.66. The number of hydrogen-bond acceptors (Lipinski definition) is 4. The van der Waals surface area contributed by atoms with Crippen LogP contribution < -0.4 is 0 Å². The highest BCUT2D eigenvalue weighted by molar-refractivity contribution is 5.53. The van der Waals surface area contributed by atoms with Crippen LogP contribution in [-0.4, -0.2) is 48.7 Å². The third-order valence-electron chi connectivity index (χ3n) is 0. The zero-order valence-corrected chi connectivity index (χ0v) is 5.00. The van der Waals surface area contributed by atoms with Gasteiger partial charge in [0.05, 0.1) is 0 Å². The maximum Gasteiger partial charge on any atom is 0.503 e. The molecule has 0 unspecified atom stereocenters. The van der Waals surface area contributed by atoms with Gasteiger partial charge in [-0.15, -0.1) is 0 Å². The average molecular weight is 176 g/mol. The molecule has 0 fully saturated rings. The van der Waals surface area contributed by atoms with Crippen LogP contribution in [0.5, 0.6) is 0 Å². The Labute approximate surface area is 59.6 Å². The van der Waals surface area contributed by atoms with Crippen molar-refractivity contribution in [3.8, 4) is 0 Å².